The van der Waals surface area contributed by atoms with Crippen LogP contribution in [0.5, 0.6) is 11.5 Å². The van der Waals surface area contributed by atoms with Gasteiger partial charge in [0.15, 0.2) is 11.5 Å². The van der Waals surface area contributed by atoms with Gasteiger partial charge in [0, 0.05) is 19.1 Å². The summed E-state index contributed by atoms with van der Waals surface area (Å²) in [6.45, 7) is 9.60. The van der Waals surface area contributed by atoms with Crippen molar-refractivity contribution in [2.24, 2.45) is 0 Å². The van der Waals surface area contributed by atoms with E-state index >= 15 is 0 Å². The van der Waals surface area contributed by atoms with Crippen molar-refractivity contribution < 1.29 is 9.47 Å². The van der Waals surface area contributed by atoms with Crippen LogP contribution in [0.1, 0.15) is 37.8 Å². The van der Waals surface area contributed by atoms with E-state index in [0.29, 0.717) is 19.3 Å². The maximum Gasteiger partial charge on any atom is 0.175 e. The fourth-order valence-electron chi connectivity index (χ4n) is 3.78. The SMILES string of the molecule is CCOc1cc(CNCC2CCCN2CC)cc(Br)c1OCc1ccccc1. The van der Waals surface area contributed by atoms with Crippen LogP contribution in [0.2, 0.25) is 0 Å². The Morgan fingerprint density at radius 2 is 1.93 bits per heavy atom. The number of likely N-dealkylation sites (N-methyl/N-ethyl adjacent to an activating group) is 1. The summed E-state index contributed by atoms with van der Waals surface area (Å²) in [6.07, 6.45) is 2.61. The lowest BCUT2D eigenvalue weighted by Crippen LogP contribution is -2.37. The van der Waals surface area contributed by atoms with Crippen LogP contribution in [-0.2, 0) is 13.2 Å². The van der Waals surface area contributed by atoms with Crippen LogP contribution in [0.15, 0.2) is 46.9 Å². The second-order valence-electron chi connectivity index (χ2n) is 7.17. The maximum atomic E-state index is 6.08. The second kappa shape index (κ2) is 10.8. The highest BCUT2D eigenvalue weighted by atomic mass is 79.9. The molecule has 4 nitrogen and oxygen atoms in total. The molecule has 1 atom stereocenters. The molecule has 0 amide bonds. The van der Waals surface area contributed by atoms with E-state index in [1.165, 1.54) is 24.9 Å². The van der Waals surface area contributed by atoms with Crippen molar-refractivity contribution in [1.82, 2.24) is 10.2 Å². The molecule has 152 valence electrons. The minimum atomic E-state index is 0.519. The number of benzene rings is 2. The van der Waals surface area contributed by atoms with Gasteiger partial charge in [-0.3, -0.25) is 4.90 Å². The average molecular weight is 447 g/mol. The zero-order valence-corrected chi connectivity index (χ0v) is 18.5. The van der Waals surface area contributed by atoms with Gasteiger partial charge in [0.2, 0.25) is 0 Å². The molecular formula is C23H31BrN2O2. The van der Waals surface area contributed by atoms with Gasteiger partial charge in [0.25, 0.3) is 0 Å². The number of halogens is 1. The average Bonchev–Trinajstić information content (AvgIpc) is 3.16. The van der Waals surface area contributed by atoms with E-state index in [1.54, 1.807) is 0 Å². The highest BCUT2D eigenvalue weighted by Gasteiger charge is 2.22. The zero-order chi connectivity index (χ0) is 19.8. The topological polar surface area (TPSA) is 33.7 Å². The molecule has 1 unspecified atom stereocenters. The molecule has 0 aromatic heterocycles. The molecule has 0 spiro atoms. The third-order valence-corrected chi connectivity index (χ3v) is 5.80. The quantitative estimate of drug-likeness (QED) is 0.556. The van der Waals surface area contributed by atoms with E-state index < -0.39 is 0 Å². The molecule has 1 aliphatic rings. The second-order valence-corrected chi connectivity index (χ2v) is 8.02. The Bertz CT molecular complexity index is 739. The Balaban J connectivity index is 1.62. The lowest BCUT2D eigenvalue weighted by Gasteiger charge is -2.23. The van der Waals surface area contributed by atoms with E-state index in [-0.39, 0.29) is 0 Å². The van der Waals surface area contributed by atoms with Crippen LogP contribution >= 0.6 is 15.9 Å². The highest BCUT2D eigenvalue weighted by molar-refractivity contribution is 9.10. The third-order valence-electron chi connectivity index (χ3n) is 5.21. The van der Waals surface area contributed by atoms with Crippen molar-refractivity contribution in [3.8, 4) is 11.5 Å². The maximum absolute atomic E-state index is 6.08. The van der Waals surface area contributed by atoms with Crippen LogP contribution in [0.4, 0.5) is 0 Å². The summed E-state index contributed by atoms with van der Waals surface area (Å²) in [5.74, 6) is 1.56. The van der Waals surface area contributed by atoms with Crippen LogP contribution in [0, 0.1) is 0 Å². The number of nitrogens with zero attached hydrogens (tertiary/aromatic N) is 1. The fraction of sp³-hybridized carbons (Fsp3) is 0.478. The molecular weight excluding hydrogens is 416 g/mol. The lowest BCUT2D eigenvalue weighted by atomic mass is 10.1. The molecule has 3 rings (SSSR count). The Labute approximate surface area is 177 Å². The van der Waals surface area contributed by atoms with E-state index in [1.807, 2.05) is 25.1 Å². The normalized spacial score (nSPS) is 17.0. The van der Waals surface area contributed by atoms with Gasteiger partial charge in [-0.25, -0.2) is 0 Å². The smallest absolute Gasteiger partial charge is 0.175 e. The van der Waals surface area contributed by atoms with Crippen LogP contribution in [0.25, 0.3) is 0 Å². The first-order valence-corrected chi connectivity index (χ1v) is 11.1. The summed E-state index contributed by atoms with van der Waals surface area (Å²) in [5.41, 5.74) is 2.34. The molecule has 0 radical (unpaired) electrons. The summed E-state index contributed by atoms with van der Waals surface area (Å²) in [6, 6.07) is 15.1. The Morgan fingerprint density at radius 1 is 1.11 bits per heavy atom. The van der Waals surface area contributed by atoms with Crippen molar-refractivity contribution in [1.29, 1.82) is 0 Å². The number of hydrogen-bond acceptors (Lipinski definition) is 4. The van der Waals surface area contributed by atoms with E-state index in [2.05, 4.69) is 57.3 Å². The molecule has 2 aromatic carbocycles. The Kier molecular flexibility index (Phi) is 8.19. The van der Waals surface area contributed by atoms with Crippen molar-refractivity contribution >= 4 is 15.9 Å². The molecule has 5 heteroatoms. The number of likely N-dealkylation sites (tertiary alicyclic amines) is 1. The number of hydrogen-bond donors (Lipinski definition) is 1. The minimum absolute atomic E-state index is 0.519. The van der Waals surface area contributed by atoms with Crippen molar-refractivity contribution in [3.05, 3.63) is 58.1 Å². The standard InChI is InChI=1S/C23H31BrN2O2/c1-3-26-12-8-11-20(26)16-25-15-19-13-21(24)23(22(14-19)27-4-2)28-17-18-9-6-5-7-10-18/h5-7,9-10,13-14,20,25H,3-4,8,11-12,15-17H2,1-2H3. The monoisotopic (exact) mass is 446 g/mol. The molecule has 1 heterocycles. The van der Waals surface area contributed by atoms with Gasteiger partial charge in [0.1, 0.15) is 6.61 Å². The van der Waals surface area contributed by atoms with Crippen LogP contribution < -0.4 is 14.8 Å². The summed E-state index contributed by atoms with van der Waals surface area (Å²) in [7, 11) is 0. The first kappa shape index (κ1) is 21.2. The van der Waals surface area contributed by atoms with Crippen molar-refractivity contribution in [3.63, 3.8) is 0 Å². The summed E-state index contributed by atoms with van der Waals surface area (Å²) in [5, 5.41) is 3.62. The van der Waals surface area contributed by atoms with Gasteiger partial charge in [0.05, 0.1) is 11.1 Å². The predicted molar refractivity (Wildman–Crippen MR) is 118 cm³/mol. The van der Waals surface area contributed by atoms with Crippen molar-refractivity contribution in [2.45, 2.75) is 45.9 Å². The molecule has 1 fully saturated rings. The van der Waals surface area contributed by atoms with E-state index in [0.717, 1.165) is 41.2 Å². The number of ether oxygens (including phenoxy) is 2. The van der Waals surface area contributed by atoms with Gasteiger partial charge in [-0.2, -0.15) is 0 Å². The van der Waals surface area contributed by atoms with Gasteiger partial charge >= 0.3 is 0 Å². The molecule has 0 saturated carbocycles. The molecule has 1 aliphatic heterocycles. The summed E-state index contributed by atoms with van der Waals surface area (Å²) in [4.78, 5) is 2.56. The van der Waals surface area contributed by atoms with Gasteiger partial charge in [-0.15, -0.1) is 0 Å². The molecule has 1 N–H and O–H groups in total. The molecule has 0 bridgehead atoms. The zero-order valence-electron chi connectivity index (χ0n) is 16.9. The molecule has 28 heavy (non-hydrogen) atoms. The lowest BCUT2D eigenvalue weighted by molar-refractivity contribution is 0.259. The van der Waals surface area contributed by atoms with E-state index in [4.69, 9.17) is 9.47 Å². The first-order chi connectivity index (χ1) is 13.7. The molecule has 0 aliphatic carbocycles. The van der Waals surface area contributed by atoms with Crippen LogP contribution in [0.3, 0.4) is 0 Å². The number of rotatable bonds is 10. The van der Waals surface area contributed by atoms with Gasteiger partial charge in [-0.1, -0.05) is 37.3 Å². The Hall–Kier alpha value is -1.56. The van der Waals surface area contributed by atoms with Crippen LogP contribution in [-0.4, -0.2) is 37.2 Å². The van der Waals surface area contributed by atoms with E-state index in [9.17, 15) is 0 Å². The molecule has 1 saturated heterocycles. The highest BCUT2D eigenvalue weighted by Crippen LogP contribution is 2.37. The van der Waals surface area contributed by atoms with Gasteiger partial charge < -0.3 is 14.8 Å². The third kappa shape index (κ3) is 5.72. The number of nitrogens with one attached hydrogen (secondary N) is 1. The summed E-state index contributed by atoms with van der Waals surface area (Å²) >= 11 is 3.68. The molecule has 2 aromatic rings. The fourth-order valence-corrected chi connectivity index (χ4v) is 4.39. The summed E-state index contributed by atoms with van der Waals surface area (Å²) < 4.78 is 12.9. The van der Waals surface area contributed by atoms with Crippen molar-refractivity contribution in [2.75, 3.05) is 26.2 Å². The largest absolute Gasteiger partial charge is 0.490 e. The van der Waals surface area contributed by atoms with Gasteiger partial charge in [-0.05, 0) is 72.0 Å². The first-order valence-electron chi connectivity index (χ1n) is 10.3. The Morgan fingerprint density at radius 3 is 2.68 bits per heavy atom. The predicted octanol–water partition coefficient (Wildman–Crippen LogP) is 5.00. The minimum Gasteiger partial charge on any atom is -0.490 e.